The Morgan fingerprint density at radius 1 is 1.40 bits per heavy atom. The van der Waals surface area contributed by atoms with Gasteiger partial charge >= 0.3 is 0 Å². The number of likely N-dealkylation sites (tertiary alicyclic amines) is 1. The van der Waals surface area contributed by atoms with E-state index < -0.39 is 0 Å². The van der Waals surface area contributed by atoms with Gasteiger partial charge < -0.3 is 10.6 Å². The number of piperidine rings is 1. The minimum atomic E-state index is 0.0144. The lowest BCUT2D eigenvalue weighted by Crippen LogP contribution is -2.48. The molecular formula is C15H20N4O. The zero-order valence-corrected chi connectivity index (χ0v) is 11.9. The molecule has 1 aliphatic rings. The Balaban J connectivity index is 1.93. The van der Waals surface area contributed by atoms with Gasteiger partial charge in [0.25, 0.3) is 5.91 Å². The average Bonchev–Trinajstić information content (AvgIpc) is 2.79. The molecule has 3 rings (SSSR count). The highest BCUT2D eigenvalue weighted by Crippen LogP contribution is 2.22. The zero-order chi connectivity index (χ0) is 14.3. The van der Waals surface area contributed by atoms with E-state index in [0.717, 1.165) is 23.9 Å². The van der Waals surface area contributed by atoms with E-state index in [0.29, 0.717) is 18.2 Å². The van der Waals surface area contributed by atoms with Crippen LogP contribution in [0.3, 0.4) is 0 Å². The predicted molar refractivity (Wildman–Crippen MR) is 78.4 cm³/mol. The number of nitrogens with zero attached hydrogens (tertiary/aromatic N) is 3. The Hall–Kier alpha value is -1.88. The fourth-order valence-corrected chi connectivity index (χ4v) is 2.87. The van der Waals surface area contributed by atoms with Gasteiger partial charge in [-0.15, -0.1) is 0 Å². The van der Waals surface area contributed by atoms with Crippen LogP contribution in [0.5, 0.6) is 0 Å². The lowest BCUT2D eigenvalue weighted by Gasteiger charge is -2.34. The number of hydrogen-bond donors (Lipinski definition) is 1. The van der Waals surface area contributed by atoms with Crippen molar-refractivity contribution in [2.45, 2.75) is 19.4 Å². The lowest BCUT2D eigenvalue weighted by atomic mass is 9.94. The van der Waals surface area contributed by atoms with Crippen LogP contribution in [0, 0.1) is 5.92 Å². The third kappa shape index (κ3) is 2.08. The lowest BCUT2D eigenvalue weighted by molar-refractivity contribution is 0.0659. The molecule has 2 atom stereocenters. The molecule has 20 heavy (non-hydrogen) atoms. The van der Waals surface area contributed by atoms with Gasteiger partial charge in [0.05, 0.1) is 5.52 Å². The molecule has 1 amide bonds. The standard InChI is InChI=1S/C15H20N4O/c1-10-9-19(8-7-12(10)16)15(20)14-11-5-3-4-6-13(11)18(2)17-14/h3-6,10,12H,7-9,16H2,1-2H3. The summed E-state index contributed by atoms with van der Waals surface area (Å²) in [6.07, 6.45) is 0.859. The topological polar surface area (TPSA) is 64.2 Å². The summed E-state index contributed by atoms with van der Waals surface area (Å²) in [5, 5.41) is 5.32. The van der Waals surface area contributed by atoms with Crippen molar-refractivity contribution in [1.82, 2.24) is 14.7 Å². The van der Waals surface area contributed by atoms with Crippen molar-refractivity contribution in [1.29, 1.82) is 0 Å². The number of fused-ring (bicyclic) bond motifs is 1. The van der Waals surface area contributed by atoms with Gasteiger partial charge in [0, 0.05) is 31.6 Å². The second-order valence-corrected chi connectivity index (χ2v) is 5.67. The molecule has 5 nitrogen and oxygen atoms in total. The summed E-state index contributed by atoms with van der Waals surface area (Å²) in [5.74, 6) is 0.350. The Morgan fingerprint density at radius 3 is 2.90 bits per heavy atom. The SMILES string of the molecule is CC1CN(C(=O)c2nn(C)c3ccccc23)CCC1N. The van der Waals surface area contributed by atoms with Gasteiger partial charge in [-0.05, 0) is 18.4 Å². The quantitative estimate of drug-likeness (QED) is 0.853. The summed E-state index contributed by atoms with van der Waals surface area (Å²) in [4.78, 5) is 14.6. The van der Waals surface area contributed by atoms with Crippen molar-refractivity contribution in [3.63, 3.8) is 0 Å². The van der Waals surface area contributed by atoms with E-state index in [2.05, 4.69) is 12.0 Å². The molecule has 2 aromatic rings. The van der Waals surface area contributed by atoms with Crippen LogP contribution in [0.25, 0.3) is 10.9 Å². The number of aromatic nitrogens is 2. The molecule has 1 fully saturated rings. The number of amides is 1. The first-order chi connectivity index (χ1) is 9.58. The van der Waals surface area contributed by atoms with Gasteiger partial charge in [-0.25, -0.2) is 0 Å². The van der Waals surface area contributed by atoms with Crippen molar-refractivity contribution in [3.05, 3.63) is 30.0 Å². The molecule has 0 spiro atoms. The molecule has 0 radical (unpaired) electrons. The maximum Gasteiger partial charge on any atom is 0.275 e. The highest BCUT2D eigenvalue weighted by atomic mass is 16.2. The predicted octanol–water partition coefficient (Wildman–Crippen LogP) is 1.38. The molecule has 5 heteroatoms. The molecule has 2 unspecified atom stereocenters. The van der Waals surface area contributed by atoms with Crippen molar-refractivity contribution in [2.24, 2.45) is 18.7 Å². The molecule has 1 saturated heterocycles. The number of rotatable bonds is 1. The monoisotopic (exact) mass is 272 g/mol. The van der Waals surface area contributed by atoms with Crippen LogP contribution >= 0.6 is 0 Å². The zero-order valence-electron chi connectivity index (χ0n) is 11.9. The molecule has 2 heterocycles. The third-order valence-corrected chi connectivity index (χ3v) is 4.22. The van der Waals surface area contributed by atoms with Crippen LogP contribution in [0.1, 0.15) is 23.8 Å². The van der Waals surface area contributed by atoms with E-state index >= 15 is 0 Å². The largest absolute Gasteiger partial charge is 0.337 e. The van der Waals surface area contributed by atoms with Gasteiger partial charge in [-0.3, -0.25) is 9.48 Å². The maximum atomic E-state index is 12.7. The Morgan fingerprint density at radius 2 is 2.15 bits per heavy atom. The van der Waals surface area contributed by atoms with Crippen LogP contribution in [0.2, 0.25) is 0 Å². The molecule has 2 N–H and O–H groups in total. The molecule has 0 bridgehead atoms. The minimum absolute atomic E-state index is 0.0144. The Labute approximate surface area is 118 Å². The van der Waals surface area contributed by atoms with Crippen LogP contribution < -0.4 is 5.73 Å². The first-order valence-electron chi connectivity index (χ1n) is 7.04. The van der Waals surface area contributed by atoms with Crippen molar-refractivity contribution in [3.8, 4) is 0 Å². The number of nitrogens with two attached hydrogens (primary N) is 1. The van der Waals surface area contributed by atoms with Crippen LogP contribution in [0.15, 0.2) is 24.3 Å². The van der Waals surface area contributed by atoms with E-state index in [4.69, 9.17) is 5.73 Å². The van der Waals surface area contributed by atoms with E-state index in [-0.39, 0.29) is 11.9 Å². The van der Waals surface area contributed by atoms with Crippen molar-refractivity contribution in [2.75, 3.05) is 13.1 Å². The third-order valence-electron chi connectivity index (χ3n) is 4.22. The smallest absolute Gasteiger partial charge is 0.275 e. The van der Waals surface area contributed by atoms with Gasteiger partial charge in [0.2, 0.25) is 0 Å². The highest BCUT2D eigenvalue weighted by molar-refractivity contribution is 6.04. The van der Waals surface area contributed by atoms with Gasteiger partial charge in [0.15, 0.2) is 5.69 Å². The van der Waals surface area contributed by atoms with Gasteiger partial charge in [-0.2, -0.15) is 5.10 Å². The molecule has 1 aromatic heterocycles. The van der Waals surface area contributed by atoms with Gasteiger partial charge in [-0.1, -0.05) is 25.1 Å². The Kier molecular flexibility index (Phi) is 3.22. The maximum absolute atomic E-state index is 12.7. The van der Waals surface area contributed by atoms with E-state index in [1.165, 1.54) is 0 Å². The summed E-state index contributed by atoms with van der Waals surface area (Å²) in [7, 11) is 1.87. The van der Waals surface area contributed by atoms with Crippen molar-refractivity contribution >= 4 is 16.8 Å². The number of carbonyl (C=O) groups is 1. The van der Waals surface area contributed by atoms with Crippen LogP contribution in [0.4, 0.5) is 0 Å². The highest BCUT2D eigenvalue weighted by Gasteiger charge is 2.29. The summed E-state index contributed by atoms with van der Waals surface area (Å²) < 4.78 is 1.77. The molecule has 1 aliphatic heterocycles. The van der Waals surface area contributed by atoms with Crippen LogP contribution in [-0.4, -0.2) is 39.7 Å². The minimum Gasteiger partial charge on any atom is -0.337 e. The Bertz CT molecular complexity index is 648. The number of hydrogen-bond acceptors (Lipinski definition) is 3. The fraction of sp³-hybridized carbons (Fsp3) is 0.467. The number of para-hydroxylation sites is 1. The normalized spacial score (nSPS) is 23.2. The molecule has 106 valence electrons. The summed E-state index contributed by atoms with van der Waals surface area (Å²) in [5.41, 5.74) is 7.55. The first kappa shape index (κ1) is 13.1. The summed E-state index contributed by atoms with van der Waals surface area (Å²) in [6, 6.07) is 8.03. The summed E-state index contributed by atoms with van der Waals surface area (Å²) >= 11 is 0. The fourth-order valence-electron chi connectivity index (χ4n) is 2.87. The van der Waals surface area contributed by atoms with E-state index in [9.17, 15) is 4.79 Å². The number of carbonyl (C=O) groups excluding carboxylic acids is 1. The van der Waals surface area contributed by atoms with E-state index in [1.807, 2.05) is 36.2 Å². The number of benzene rings is 1. The summed E-state index contributed by atoms with van der Waals surface area (Å²) in [6.45, 7) is 3.53. The van der Waals surface area contributed by atoms with Gasteiger partial charge in [0.1, 0.15) is 0 Å². The molecule has 0 saturated carbocycles. The van der Waals surface area contributed by atoms with Crippen LogP contribution in [-0.2, 0) is 7.05 Å². The average molecular weight is 272 g/mol. The molecular weight excluding hydrogens is 252 g/mol. The van der Waals surface area contributed by atoms with E-state index in [1.54, 1.807) is 4.68 Å². The second-order valence-electron chi connectivity index (χ2n) is 5.67. The first-order valence-corrected chi connectivity index (χ1v) is 7.04. The van der Waals surface area contributed by atoms with Crippen molar-refractivity contribution < 1.29 is 4.79 Å². The second kappa shape index (κ2) is 4.90. The number of aryl methyl sites for hydroxylation is 1. The molecule has 1 aromatic carbocycles. The molecule has 0 aliphatic carbocycles.